The number of aromatic carboxylic acids is 1. The molecule has 0 aliphatic carbocycles. The number of hydrogen-bond donors (Lipinski definition) is 1. The third kappa shape index (κ3) is 2.05. The van der Waals surface area contributed by atoms with Gasteiger partial charge in [-0.2, -0.15) is 0 Å². The van der Waals surface area contributed by atoms with Gasteiger partial charge in [-0.05, 0) is 25.5 Å². The lowest BCUT2D eigenvalue weighted by Crippen LogP contribution is -2.35. The van der Waals surface area contributed by atoms with Crippen LogP contribution in [0.4, 0.5) is 0 Å². The van der Waals surface area contributed by atoms with Crippen LogP contribution in [0.2, 0.25) is 0 Å². The lowest BCUT2D eigenvalue weighted by molar-refractivity contribution is -0.0759. The summed E-state index contributed by atoms with van der Waals surface area (Å²) in [7, 11) is 0. The molecule has 6 nitrogen and oxygen atoms in total. The Morgan fingerprint density at radius 1 is 1.60 bits per heavy atom. The summed E-state index contributed by atoms with van der Waals surface area (Å²) >= 11 is 5.95. The molecule has 0 radical (unpaired) electrons. The number of hydrogen-bond acceptors (Lipinski definition) is 4. The fourth-order valence-corrected chi connectivity index (χ4v) is 2.65. The molecule has 2 aromatic rings. The molecule has 20 heavy (non-hydrogen) atoms. The fourth-order valence-electron chi connectivity index (χ4n) is 2.46. The molecule has 3 rings (SSSR count). The highest BCUT2D eigenvalue weighted by Gasteiger charge is 2.29. The summed E-state index contributed by atoms with van der Waals surface area (Å²) in [6, 6.07) is 3.14. The highest BCUT2D eigenvalue weighted by atomic mass is 35.5. The van der Waals surface area contributed by atoms with E-state index in [2.05, 4.69) is 9.97 Å². The van der Waals surface area contributed by atoms with E-state index in [4.69, 9.17) is 21.4 Å². The highest BCUT2D eigenvalue weighted by Crippen LogP contribution is 2.29. The van der Waals surface area contributed by atoms with Crippen LogP contribution in [0.5, 0.6) is 0 Å². The maximum atomic E-state index is 11.1. The first-order valence-electron chi connectivity index (χ1n) is 6.40. The van der Waals surface area contributed by atoms with E-state index in [9.17, 15) is 4.79 Å². The summed E-state index contributed by atoms with van der Waals surface area (Å²) in [5, 5.41) is 9.06. The van der Waals surface area contributed by atoms with Crippen molar-refractivity contribution in [3.05, 3.63) is 23.7 Å². The quantitative estimate of drug-likeness (QED) is 0.875. The summed E-state index contributed by atoms with van der Waals surface area (Å²) in [6.07, 6.45) is 1.07. The first-order valence-corrected chi connectivity index (χ1v) is 6.94. The Morgan fingerprint density at radius 3 is 2.90 bits per heavy atom. The molecule has 0 saturated carbocycles. The van der Waals surface area contributed by atoms with E-state index in [-0.39, 0.29) is 23.7 Å². The molecule has 1 aliphatic heterocycles. The molecule has 1 aliphatic rings. The van der Waals surface area contributed by atoms with Crippen molar-refractivity contribution < 1.29 is 14.6 Å². The number of carbonyl (C=O) groups is 1. The van der Waals surface area contributed by atoms with Crippen LogP contribution >= 0.6 is 11.6 Å². The van der Waals surface area contributed by atoms with E-state index in [1.807, 2.05) is 11.5 Å². The molecular formula is C13H14ClN3O3. The summed E-state index contributed by atoms with van der Waals surface area (Å²) < 4.78 is 7.39. The van der Waals surface area contributed by atoms with Gasteiger partial charge in [-0.1, -0.05) is 0 Å². The predicted molar refractivity (Wildman–Crippen MR) is 73.1 cm³/mol. The Balaban J connectivity index is 2.15. The topological polar surface area (TPSA) is 77.2 Å². The van der Waals surface area contributed by atoms with Gasteiger partial charge in [0.15, 0.2) is 11.3 Å². The number of aromatic nitrogens is 3. The zero-order valence-electron chi connectivity index (χ0n) is 10.9. The van der Waals surface area contributed by atoms with Crippen LogP contribution < -0.4 is 0 Å². The number of ether oxygens (including phenoxy) is 1. The number of carboxylic acid groups (broad SMARTS) is 1. The Hall–Kier alpha value is -1.66. The molecule has 1 saturated heterocycles. The standard InChI is InChI=1S/C13H14ClN3O3/c1-7(10-4-5-20-10)17-11(6-14)15-8-2-3-9(13(18)19)16-12(8)17/h2-3,7,10H,4-6H2,1H3,(H,18,19)/t7-,10?/m0/s1. The van der Waals surface area contributed by atoms with Gasteiger partial charge in [0.2, 0.25) is 0 Å². The summed E-state index contributed by atoms with van der Waals surface area (Å²) in [5.74, 6) is -0.130. The van der Waals surface area contributed by atoms with Crippen molar-refractivity contribution in [2.75, 3.05) is 6.61 Å². The molecule has 3 heterocycles. The van der Waals surface area contributed by atoms with Crippen molar-refractivity contribution in [2.45, 2.75) is 31.4 Å². The SMILES string of the molecule is C[C@@H](C1CCO1)n1c(CCl)nc2ccc(C(=O)O)nc21. The third-order valence-corrected chi connectivity index (χ3v) is 3.87. The van der Waals surface area contributed by atoms with Crippen LogP contribution in [0.15, 0.2) is 12.1 Å². The first-order chi connectivity index (χ1) is 9.61. The average molecular weight is 296 g/mol. The van der Waals surface area contributed by atoms with Crippen molar-refractivity contribution in [2.24, 2.45) is 0 Å². The van der Waals surface area contributed by atoms with Crippen LogP contribution in [0, 0.1) is 0 Å². The molecule has 0 spiro atoms. The van der Waals surface area contributed by atoms with Crippen molar-refractivity contribution >= 4 is 28.7 Å². The van der Waals surface area contributed by atoms with E-state index in [0.717, 1.165) is 13.0 Å². The van der Waals surface area contributed by atoms with Crippen LogP contribution in [0.1, 0.15) is 35.7 Å². The minimum atomic E-state index is -1.06. The van der Waals surface area contributed by atoms with Gasteiger partial charge in [-0.3, -0.25) is 0 Å². The van der Waals surface area contributed by atoms with E-state index >= 15 is 0 Å². The van der Waals surface area contributed by atoms with Crippen LogP contribution in [0.3, 0.4) is 0 Å². The van der Waals surface area contributed by atoms with Gasteiger partial charge < -0.3 is 14.4 Å². The van der Waals surface area contributed by atoms with Crippen LogP contribution in [0.25, 0.3) is 11.2 Å². The van der Waals surface area contributed by atoms with Crippen molar-refractivity contribution in [1.29, 1.82) is 0 Å². The van der Waals surface area contributed by atoms with Crippen LogP contribution in [-0.4, -0.2) is 38.3 Å². The molecule has 0 aromatic carbocycles. The van der Waals surface area contributed by atoms with Gasteiger partial charge in [0.25, 0.3) is 0 Å². The maximum absolute atomic E-state index is 11.1. The Kier molecular flexibility index (Phi) is 3.35. The lowest BCUT2D eigenvalue weighted by Gasteiger charge is -2.33. The molecule has 1 N–H and O–H groups in total. The normalized spacial score (nSPS) is 19.8. The van der Waals surface area contributed by atoms with E-state index in [1.54, 1.807) is 6.07 Å². The van der Waals surface area contributed by atoms with Crippen molar-refractivity contribution in [1.82, 2.24) is 14.5 Å². The number of halogens is 1. The number of nitrogens with zero attached hydrogens (tertiary/aromatic N) is 3. The molecule has 7 heteroatoms. The van der Waals surface area contributed by atoms with Gasteiger partial charge in [-0.15, -0.1) is 11.6 Å². The molecule has 2 atom stereocenters. The smallest absolute Gasteiger partial charge is 0.354 e. The van der Waals surface area contributed by atoms with Crippen LogP contribution in [-0.2, 0) is 10.6 Å². The van der Waals surface area contributed by atoms with Crippen molar-refractivity contribution in [3.8, 4) is 0 Å². The average Bonchev–Trinajstić information content (AvgIpc) is 2.73. The zero-order valence-corrected chi connectivity index (χ0v) is 11.7. The minimum Gasteiger partial charge on any atom is -0.477 e. The number of alkyl halides is 1. The zero-order chi connectivity index (χ0) is 14.3. The second kappa shape index (κ2) is 5.03. The van der Waals surface area contributed by atoms with E-state index < -0.39 is 5.97 Å². The largest absolute Gasteiger partial charge is 0.477 e. The van der Waals surface area contributed by atoms with Gasteiger partial charge in [0.05, 0.1) is 18.0 Å². The second-order valence-electron chi connectivity index (χ2n) is 4.81. The number of carboxylic acids is 1. The van der Waals surface area contributed by atoms with E-state index in [0.29, 0.717) is 17.0 Å². The molecule has 0 amide bonds. The third-order valence-electron chi connectivity index (χ3n) is 3.63. The summed E-state index contributed by atoms with van der Waals surface area (Å²) in [4.78, 5) is 19.7. The fraction of sp³-hybridized carbons (Fsp3) is 0.462. The maximum Gasteiger partial charge on any atom is 0.354 e. The Labute approximate surface area is 120 Å². The minimum absolute atomic E-state index is 0.00139. The molecule has 1 unspecified atom stereocenters. The summed E-state index contributed by atoms with van der Waals surface area (Å²) in [5.41, 5.74) is 1.20. The van der Waals surface area contributed by atoms with E-state index in [1.165, 1.54) is 6.07 Å². The van der Waals surface area contributed by atoms with Gasteiger partial charge >= 0.3 is 5.97 Å². The predicted octanol–water partition coefficient (Wildman–Crippen LogP) is 2.22. The molecule has 1 fully saturated rings. The summed E-state index contributed by atoms with van der Waals surface area (Å²) in [6.45, 7) is 2.77. The van der Waals surface area contributed by atoms with Gasteiger partial charge in [0.1, 0.15) is 11.3 Å². The lowest BCUT2D eigenvalue weighted by atomic mass is 10.1. The second-order valence-corrected chi connectivity index (χ2v) is 5.08. The van der Waals surface area contributed by atoms with Gasteiger partial charge in [-0.25, -0.2) is 14.8 Å². The number of pyridine rings is 1. The number of fused-ring (bicyclic) bond motifs is 1. The molecule has 106 valence electrons. The number of imidazole rings is 1. The highest BCUT2D eigenvalue weighted by molar-refractivity contribution is 6.16. The number of rotatable bonds is 4. The Bertz CT molecular complexity index is 666. The molecule has 2 aromatic heterocycles. The Morgan fingerprint density at radius 2 is 2.35 bits per heavy atom. The first kappa shape index (κ1) is 13.3. The monoisotopic (exact) mass is 295 g/mol. The van der Waals surface area contributed by atoms with Gasteiger partial charge in [0, 0.05) is 6.61 Å². The molecular weight excluding hydrogens is 282 g/mol. The molecule has 0 bridgehead atoms. The van der Waals surface area contributed by atoms with Crippen molar-refractivity contribution in [3.63, 3.8) is 0 Å².